The van der Waals surface area contributed by atoms with Crippen LogP contribution in [-0.2, 0) is 6.54 Å². The molecule has 0 radical (unpaired) electrons. The van der Waals surface area contributed by atoms with Gasteiger partial charge >= 0.3 is 0 Å². The Kier molecular flexibility index (Phi) is 3.95. The summed E-state index contributed by atoms with van der Waals surface area (Å²) in [5, 5.41) is 0. The average Bonchev–Trinajstić information content (AvgIpc) is 2.41. The van der Waals surface area contributed by atoms with E-state index in [2.05, 4.69) is 4.90 Å². The van der Waals surface area contributed by atoms with Crippen molar-refractivity contribution < 1.29 is 9.18 Å². The summed E-state index contributed by atoms with van der Waals surface area (Å²) in [6.07, 6.45) is 0.860. The zero-order valence-electron chi connectivity index (χ0n) is 11.1. The first-order chi connectivity index (χ1) is 9.10. The van der Waals surface area contributed by atoms with Crippen LogP contribution in [0.1, 0.15) is 21.5 Å². The standard InChI is InChI=1S/C16H16FNO/c1-12-9-16(8-5-14(12)11-19)18(2)10-13-3-6-15(17)7-4-13/h3-9,11H,10H2,1-2H3. The molecular formula is C16H16FNO. The fraction of sp³-hybridized carbons (Fsp3) is 0.188. The Balaban J connectivity index is 2.15. The van der Waals surface area contributed by atoms with Crippen LogP contribution in [0.3, 0.4) is 0 Å². The molecule has 0 unspecified atom stereocenters. The molecule has 0 saturated carbocycles. The number of aldehydes is 1. The third-order valence-electron chi connectivity index (χ3n) is 3.15. The zero-order chi connectivity index (χ0) is 13.8. The smallest absolute Gasteiger partial charge is 0.150 e. The average molecular weight is 257 g/mol. The molecule has 0 amide bonds. The Morgan fingerprint density at radius 2 is 1.84 bits per heavy atom. The number of hydrogen-bond acceptors (Lipinski definition) is 2. The van der Waals surface area contributed by atoms with Gasteiger partial charge < -0.3 is 4.90 Å². The van der Waals surface area contributed by atoms with E-state index in [0.29, 0.717) is 12.1 Å². The second-order valence-electron chi connectivity index (χ2n) is 4.64. The number of hydrogen-bond donors (Lipinski definition) is 0. The SMILES string of the molecule is Cc1cc(N(C)Cc2ccc(F)cc2)ccc1C=O. The van der Waals surface area contributed by atoms with E-state index in [-0.39, 0.29) is 5.82 Å². The van der Waals surface area contributed by atoms with Crippen molar-refractivity contribution in [2.75, 3.05) is 11.9 Å². The molecule has 2 aromatic rings. The van der Waals surface area contributed by atoms with E-state index in [1.807, 2.05) is 32.2 Å². The molecule has 0 saturated heterocycles. The van der Waals surface area contributed by atoms with Crippen LogP contribution in [-0.4, -0.2) is 13.3 Å². The number of aryl methyl sites for hydroxylation is 1. The summed E-state index contributed by atoms with van der Waals surface area (Å²) in [6.45, 7) is 2.61. The minimum absolute atomic E-state index is 0.224. The van der Waals surface area contributed by atoms with Crippen LogP contribution in [0, 0.1) is 12.7 Å². The molecule has 0 aliphatic rings. The molecule has 0 heterocycles. The van der Waals surface area contributed by atoms with E-state index in [1.54, 1.807) is 12.1 Å². The molecule has 0 N–H and O–H groups in total. The topological polar surface area (TPSA) is 20.3 Å². The van der Waals surface area contributed by atoms with Gasteiger partial charge in [-0.1, -0.05) is 12.1 Å². The number of benzene rings is 2. The van der Waals surface area contributed by atoms with E-state index >= 15 is 0 Å². The maximum absolute atomic E-state index is 12.8. The summed E-state index contributed by atoms with van der Waals surface area (Å²) in [6, 6.07) is 12.2. The lowest BCUT2D eigenvalue weighted by Crippen LogP contribution is -2.16. The summed E-state index contributed by atoms with van der Waals surface area (Å²) in [5.74, 6) is -0.224. The molecule has 0 atom stereocenters. The van der Waals surface area contributed by atoms with Gasteiger partial charge in [0.15, 0.2) is 0 Å². The highest BCUT2D eigenvalue weighted by molar-refractivity contribution is 5.78. The molecule has 98 valence electrons. The van der Waals surface area contributed by atoms with Gasteiger partial charge in [0, 0.05) is 24.8 Å². The minimum atomic E-state index is -0.224. The van der Waals surface area contributed by atoms with Crippen LogP contribution in [0.15, 0.2) is 42.5 Å². The van der Waals surface area contributed by atoms with Crippen molar-refractivity contribution in [3.8, 4) is 0 Å². The molecule has 0 aliphatic heterocycles. The summed E-state index contributed by atoms with van der Waals surface area (Å²) < 4.78 is 12.8. The van der Waals surface area contributed by atoms with Crippen LogP contribution in [0.5, 0.6) is 0 Å². The first-order valence-corrected chi connectivity index (χ1v) is 6.11. The highest BCUT2D eigenvalue weighted by Crippen LogP contribution is 2.19. The van der Waals surface area contributed by atoms with Crippen LogP contribution >= 0.6 is 0 Å². The van der Waals surface area contributed by atoms with E-state index in [4.69, 9.17) is 0 Å². The van der Waals surface area contributed by atoms with Crippen molar-refractivity contribution in [2.45, 2.75) is 13.5 Å². The predicted octanol–water partition coefficient (Wildman–Crippen LogP) is 3.58. The van der Waals surface area contributed by atoms with Gasteiger partial charge in [-0.3, -0.25) is 4.79 Å². The highest BCUT2D eigenvalue weighted by Gasteiger charge is 2.05. The fourth-order valence-electron chi connectivity index (χ4n) is 1.98. The van der Waals surface area contributed by atoms with Crippen LogP contribution in [0.25, 0.3) is 0 Å². The molecule has 0 aliphatic carbocycles. The number of anilines is 1. The van der Waals surface area contributed by atoms with Gasteiger partial charge in [-0.15, -0.1) is 0 Å². The molecule has 19 heavy (non-hydrogen) atoms. The Morgan fingerprint density at radius 1 is 1.16 bits per heavy atom. The first kappa shape index (κ1) is 13.3. The molecule has 0 bridgehead atoms. The van der Waals surface area contributed by atoms with Gasteiger partial charge in [0.25, 0.3) is 0 Å². The van der Waals surface area contributed by atoms with Crippen LogP contribution in [0.2, 0.25) is 0 Å². The number of halogens is 1. The van der Waals surface area contributed by atoms with Gasteiger partial charge in [0.2, 0.25) is 0 Å². The largest absolute Gasteiger partial charge is 0.370 e. The lowest BCUT2D eigenvalue weighted by atomic mass is 10.1. The zero-order valence-corrected chi connectivity index (χ0v) is 11.1. The Bertz CT molecular complexity index is 578. The van der Waals surface area contributed by atoms with Crippen molar-refractivity contribution in [1.29, 1.82) is 0 Å². The van der Waals surface area contributed by atoms with E-state index in [9.17, 15) is 9.18 Å². The number of nitrogens with zero attached hydrogens (tertiary/aromatic N) is 1. The molecule has 3 heteroatoms. The maximum atomic E-state index is 12.8. The summed E-state index contributed by atoms with van der Waals surface area (Å²) >= 11 is 0. The van der Waals surface area contributed by atoms with E-state index in [0.717, 1.165) is 23.1 Å². The lowest BCUT2D eigenvalue weighted by molar-refractivity contribution is 0.112. The minimum Gasteiger partial charge on any atom is -0.370 e. The van der Waals surface area contributed by atoms with Gasteiger partial charge in [-0.05, 0) is 48.4 Å². The van der Waals surface area contributed by atoms with Crippen molar-refractivity contribution in [2.24, 2.45) is 0 Å². The third kappa shape index (κ3) is 3.19. The molecular weight excluding hydrogens is 241 g/mol. The van der Waals surface area contributed by atoms with Crippen LogP contribution < -0.4 is 4.90 Å². The lowest BCUT2D eigenvalue weighted by Gasteiger charge is -2.20. The number of carbonyl (C=O) groups excluding carboxylic acids is 1. The number of carbonyl (C=O) groups is 1. The monoisotopic (exact) mass is 257 g/mol. The fourth-order valence-corrected chi connectivity index (χ4v) is 1.98. The molecule has 2 aromatic carbocycles. The summed E-state index contributed by atoms with van der Waals surface area (Å²) in [7, 11) is 1.97. The van der Waals surface area contributed by atoms with Crippen molar-refractivity contribution in [3.63, 3.8) is 0 Å². The summed E-state index contributed by atoms with van der Waals surface area (Å²) in [4.78, 5) is 12.8. The van der Waals surface area contributed by atoms with Gasteiger partial charge in [-0.25, -0.2) is 4.39 Å². The van der Waals surface area contributed by atoms with Crippen molar-refractivity contribution >= 4 is 12.0 Å². The molecule has 0 fully saturated rings. The molecule has 0 spiro atoms. The van der Waals surface area contributed by atoms with E-state index < -0.39 is 0 Å². The van der Waals surface area contributed by atoms with Crippen molar-refractivity contribution in [1.82, 2.24) is 0 Å². The first-order valence-electron chi connectivity index (χ1n) is 6.11. The summed E-state index contributed by atoms with van der Waals surface area (Å²) in [5.41, 5.74) is 3.74. The van der Waals surface area contributed by atoms with Gasteiger partial charge in [0.05, 0.1) is 0 Å². The second-order valence-corrected chi connectivity index (χ2v) is 4.64. The Labute approximate surface area is 112 Å². The number of rotatable bonds is 4. The van der Waals surface area contributed by atoms with E-state index in [1.165, 1.54) is 12.1 Å². The highest BCUT2D eigenvalue weighted by atomic mass is 19.1. The molecule has 2 rings (SSSR count). The predicted molar refractivity (Wildman–Crippen MR) is 75.1 cm³/mol. The quantitative estimate of drug-likeness (QED) is 0.780. The molecule has 0 aromatic heterocycles. The molecule has 2 nitrogen and oxygen atoms in total. The maximum Gasteiger partial charge on any atom is 0.150 e. The van der Waals surface area contributed by atoms with Gasteiger partial charge in [0.1, 0.15) is 12.1 Å². The normalized spacial score (nSPS) is 10.3. The van der Waals surface area contributed by atoms with Crippen molar-refractivity contribution in [3.05, 3.63) is 65.0 Å². The second kappa shape index (κ2) is 5.65. The van der Waals surface area contributed by atoms with Gasteiger partial charge in [-0.2, -0.15) is 0 Å². The van der Waals surface area contributed by atoms with Crippen LogP contribution in [0.4, 0.5) is 10.1 Å². The Morgan fingerprint density at radius 3 is 2.42 bits per heavy atom. The third-order valence-corrected chi connectivity index (χ3v) is 3.15. The Hall–Kier alpha value is -2.16.